The highest BCUT2D eigenvalue weighted by Gasteiger charge is 2.11. The molecular formula is C15H16N2O2. The van der Waals surface area contributed by atoms with Crippen molar-refractivity contribution >= 4 is 22.9 Å². The van der Waals surface area contributed by atoms with Crippen molar-refractivity contribution < 1.29 is 9.90 Å². The molecule has 2 aromatic rings. The highest BCUT2D eigenvalue weighted by Crippen LogP contribution is 2.24. The molecule has 0 bridgehead atoms. The summed E-state index contributed by atoms with van der Waals surface area (Å²) in [5, 5.41) is 15.5. The van der Waals surface area contributed by atoms with Crippen molar-refractivity contribution in [3.63, 3.8) is 0 Å². The molecule has 4 heteroatoms. The summed E-state index contributed by atoms with van der Waals surface area (Å²) < 4.78 is 0. The Labute approximate surface area is 111 Å². The summed E-state index contributed by atoms with van der Waals surface area (Å²) in [5.41, 5.74) is 2.64. The van der Waals surface area contributed by atoms with Crippen molar-refractivity contribution in [2.24, 2.45) is 5.10 Å². The number of nitrogens with one attached hydrogen (secondary N) is 1. The number of phenolic OH excluding ortho intramolecular Hbond substituents is 1. The van der Waals surface area contributed by atoms with Gasteiger partial charge in [-0.2, -0.15) is 5.10 Å². The van der Waals surface area contributed by atoms with Gasteiger partial charge in [-0.1, -0.05) is 37.6 Å². The van der Waals surface area contributed by atoms with Crippen molar-refractivity contribution in [1.29, 1.82) is 0 Å². The summed E-state index contributed by atoms with van der Waals surface area (Å²) in [5.74, 6) is -0.447. The summed E-state index contributed by atoms with van der Waals surface area (Å²) in [4.78, 5) is 11.9. The Kier molecular flexibility index (Phi) is 4.13. The van der Waals surface area contributed by atoms with Crippen molar-refractivity contribution in [1.82, 2.24) is 5.43 Å². The number of carbonyl (C=O) groups is 1. The van der Waals surface area contributed by atoms with Crippen LogP contribution in [0.5, 0.6) is 5.75 Å². The van der Waals surface area contributed by atoms with Crippen LogP contribution in [0.4, 0.5) is 0 Å². The van der Waals surface area contributed by atoms with Crippen molar-refractivity contribution in [3.05, 3.63) is 42.0 Å². The van der Waals surface area contributed by atoms with Crippen LogP contribution in [0.1, 0.15) is 30.1 Å². The second-order valence-electron chi connectivity index (χ2n) is 4.26. The molecule has 2 rings (SSSR count). The van der Waals surface area contributed by atoms with Crippen LogP contribution in [-0.4, -0.2) is 17.2 Å². The lowest BCUT2D eigenvalue weighted by Crippen LogP contribution is -2.17. The smallest absolute Gasteiger partial charge is 0.275 e. The van der Waals surface area contributed by atoms with Gasteiger partial charge in [0.15, 0.2) is 0 Å². The Balaban J connectivity index is 2.24. The van der Waals surface area contributed by atoms with Gasteiger partial charge in [0.1, 0.15) is 5.75 Å². The number of amides is 1. The highest BCUT2D eigenvalue weighted by atomic mass is 16.3. The normalized spacial score (nSPS) is 11.0. The number of unbranched alkanes of at least 4 members (excludes halogenated alkanes) is 1. The number of hydrogen-bond acceptors (Lipinski definition) is 3. The second-order valence-corrected chi connectivity index (χ2v) is 4.26. The van der Waals surface area contributed by atoms with Gasteiger partial charge in [0, 0.05) is 6.21 Å². The van der Waals surface area contributed by atoms with E-state index in [1.54, 1.807) is 18.3 Å². The summed E-state index contributed by atoms with van der Waals surface area (Å²) in [6.07, 6.45) is 3.43. The Morgan fingerprint density at radius 3 is 2.68 bits per heavy atom. The molecule has 0 radical (unpaired) electrons. The van der Waals surface area contributed by atoms with Crippen LogP contribution in [0.3, 0.4) is 0 Å². The lowest BCUT2D eigenvalue weighted by atomic mass is 10.1. The lowest BCUT2D eigenvalue weighted by Gasteiger charge is -2.05. The molecular weight excluding hydrogens is 240 g/mol. The standard InChI is InChI=1S/C15H16N2O2/c1-2-3-8-16-17-15(19)13-9-11-6-4-5-7-12(11)10-14(13)18/h4-10,18H,2-3H2,1H3,(H,17,19)/b16-8+. The molecule has 0 aliphatic rings. The zero-order valence-corrected chi connectivity index (χ0v) is 10.8. The Hall–Kier alpha value is -2.36. The van der Waals surface area contributed by atoms with Gasteiger partial charge in [0.2, 0.25) is 0 Å². The first-order valence-electron chi connectivity index (χ1n) is 6.26. The first-order chi connectivity index (χ1) is 9.22. The van der Waals surface area contributed by atoms with Crippen LogP contribution in [0.2, 0.25) is 0 Å². The zero-order valence-electron chi connectivity index (χ0n) is 10.8. The van der Waals surface area contributed by atoms with E-state index < -0.39 is 5.91 Å². The molecule has 2 N–H and O–H groups in total. The van der Waals surface area contributed by atoms with E-state index >= 15 is 0 Å². The van der Waals surface area contributed by atoms with E-state index in [1.807, 2.05) is 31.2 Å². The van der Waals surface area contributed by atoms with Gasteiger partial charge in [0.25, 0.3) is 5.91 Å². The number of fused-ring (bicyclic) bond motifs is 1. The Bertz CT molecular complexity index is 621. The summed E-state index contributed by atoms with van der Waals surface area (Å²) >= 11 is 0. The van der Waals surface area contributed by atoms with Gasteiger partial charge in [-0.3, -0.25) is 4.79 Å². The largest absolute Gasteiger partial charge is 0.507 e. The van der Waals surface area contributed by atoms with Gasteiger partial charge in [-0.25, -0.2) is 5.43 Å². The molecule has 0 saturated carbocycles. The fraction of sp³-hybridized carbons (Fsp3) is 0.200. The topological polar surface area (TPSA) is 61.7 Å². The minimum absolute atomic E-state index is 0.0399. The van der Waals surface area contributed by atoms with Gasteiger partial charge in [0.05, 0.1) is 5.56 Å². The van der Waals surface area contributed by atoms with E-state index in [9.17, 15) is 9.90 Å². The molecule has 0 heterocycles. The van der Waals surface area contributed by atoms with E-state index in [2.05, 4.69) is 10.5 Å². The molecule has 0 fully saturated rings. The number of hydrogen-bond donors (Lipinski definition) is 2. The second kappa shape index (κ2) is 6.00. The maximum absolute atomic E-state index is 11.9. The number of hydrazone groups is 1. The summed E-state index contributed by atoms with van der Waals surface area (Å²) in [6, 6.07) is 10.8. The monoisotopic (exact) mass is 256 g/mol. The number of rotatable bonds is 4. The zero-order chi connectivity index (χ0) is 13.7. The predicted octanol–water partition coefficient (Wildman–Crippen LogP) is 3.06. The fourth-order valence-electron chi connectivity index (χ4n) is 1.77. The Morgan fingerprint density at radius 2 is 2.00 bits per heavy atom. The van der Waals surface area contributed by atoms with E-state index in [0.29, 0.717) is 0 Å². The van der Waals surface area contributed by atoms with Crippen LogP contribution in [0.25, 0.3) is 10.8 Å². The predicted molar refractivity (Wildman–Crippen MR) is 76.5 cm³/mol. The third-order valence-electron chi connectivity index (χ3n) is 2.78. The van der Waals surface area contributed by atoms with Gasteiger partial charge >= 0.3 is 0 Å². The number of aromatic hydroxyl groups is 1. The van der Waals surface area contributed by atoms with Crippen molar-refractivity contribution in [2.45, 2.75) is 19.8 Å². The molecule has 19 heavy (non-hydrogen) atoms. The average molecular weight is 256 g/mol. The third-order valence-corrected chi connectivity index (χ3v) is 2.78. The van der Waals surface area contributed by atoms with Crippen LogP contribution in [-0.2, 0) is 0 Å². The number of nitrogens with zero attached hydrogens (tertiary/aromatic N) is 1. The molecule has 98 valence electrons. The molecule has 0 saturated heterocycles. The van der Waals surface area contributed by atoms with Crippen LogP contribution < -0.4 is 5.43 Å². The lowest BCUT2D eigenvalue weighted by molar-refractivity contribution is 0.0952. The third kappa shape index (κ3) is 3.10. The minimum Gasteiger partial charge on any atom is -0.507 e. The fourth-order valence-corrected chi connectivity index (χ4v) is 1.77. The SMILES string of the molecule is CCC/C=N/NC(=O)c1cc2ccccc2cc1O. The van der Waals surface area contributed by atoms with Crippen molar-refractivity contribution in [3.8, 4) is 5.75 Å². The van der Waals surface area contributed by atoms with Gasteiger partial charge < -0.3 is 5.11 Å². The van der Waals surface area contributed by atoms with Crippen LogP contribution >= 0.6 is 0 Å². The van der Waals surface area contributed by atoms with E-state index in [0.717, 1.165) is 23.6 Å². The van der Waals surface area contributed by atoms with Gasteiger partial charge in [-0.15, -0.1) is 0 Å². The van der Waals surface area contributed by atoms with Crippen LogP contribution in [0, 0.1) is 0 Å². The average Bonchev–Trinajstić information content (AvgIpc) is 2.42. The van der Waals surface area contributed by atoms with E-state index in [-0.39, 0.29) is 11.3 Å². The molecule has 0 unspecified atom stereocenters. The first-order valence-corrected chi connectivity index (χ1v) is 6.26. The maximum atomic E-state index is 11.9. The minimum atomic E-state index is -0.407. The first kappa shape index (κ1) is 13.1. The molecule has 2 aromatic carbocycles. The molecule has 0 aliphatic heterocycles. The van der Waals surface area contributed by atoms with E-state index in [4.69, 9.17) is 0 Å². The number of carbonyl (C=O) groups excluding carboxylic acids is 1. The number of benzene rings is 2. The molecule has 0 spiro atoms. The molecule has 0 aromatic heterocycles. The quantitative estimate of drug-likeness (QED) is 0.652. The molecule has 0 atom stereocenters. The molecule has 1 amide bonds. The van der Waals surface area contributed by atoms with Crippen molar-refractivity contribution in [2.75, 3.05) is 0 Å². The maximum Gasteiger partial charge on any atom is 0.275 e. The summed E-state index contributed by atoms with van der Waals surface area (Å²) in [7, 11) is 0. The summed E-state index contributed by atoms with van der Waals surface area (Å²) in [6.45, 7) is 2.03. The van der Waals surface area contributed by atoms with E-state index in [1.165, 1.54) is 0 Å². The highest BCUT2D eigenvalue weighted by molar-refractivity contribution is 6.01. The number of phenols is 1. The molecule has 4 nitrogen and oxygen atoms in total. The van der Waals surface area contributed by atoms with Crippen LogP contribution in [0.15, 0.2) is 41.5 Å². The molecule has 0 aliphatic carbocycles. The van der Waals surface area contributed by atoms with Gasteiger partial charge in [-0.05, 0) is 29.3 Å². The Morgan fingerprint density at radius 1 is 1.32 bits per heavy atom.